The van der Waals surface area contributed by atoms with Crippen molar-refractivity contribution in [2.24, 2.45) is 0 Å². The van der Waals surface area contributed by atoms with Crippen molar-refractivity contribution >= 4 is 39.0 Å². The van der Waals surface area contributed by atoms with Crippen molar-refractivity contribution in [2.45, 2.75) is 13.3 Å². The molecule has 2 rings (SSSR count). The maximum Gasteiger partial charge on any atom is 0.255 e. The summed E-state index contributed by atoms with van der Waals surface area (Å²) in [5, 5.41) is 0.843. The fraction of sp³-hybridized carbons (Fsp3) is 0.400. The molecule has 0 aliphatic carbocycles. The maximum atomic E-state index is 12.4. The van der Waals surface area contributed by atoms with E-state index in [0.29, 0.717) is 5.82 Å². The standard InChI is InChI=1S/C10H10ClF2N3S/c1-5-3-6-8(16(2)4-7(12)13)14-10(11)15-9(6)17-5/h3,7H,4H2,1-2H3. The van der Waals surface area contributed by atoms with Crippen molar-refractivity contribution in [3.05, 3.63) is 16.2 Å². The lowest BCUT2D eigenvalue weighted by Crippen LogP contribution is -2.25. The summed E-state index contributed by atoms with van der Waals surface area (Å²) in [7, 11) is 1.57. The van der Waals surface area contributed by atoms with Crippen LogP contribution in [0.4, 0.5) is 14.6 Å². The van der Waals surface area contributed by atoms with Gasteiger partial charge in [-0.05, 0) is 24.6 Å². The molecule has 0 saturated carbocycles. The molecule has 17 heavy (non-hydrogen) atoms. The van der Waals surface area contributed by atoms with Crippen LogP contribution in [0.25, 0.3) is 10.2 Å². The molecule has 0 saturated heterocycles. The van der Waals surface area contributed by atoms with Gasteiger partial charge in [0.2, 0.25) is 5.28 Å². The first-order valence-electron chi connectivity index (χ1n) is 4.90. The minimum absolute atomic E-state index is 0.0791. The highest BCUT2D eigenvalue weighted by atomic mass is 35.5. The molecule has 0 unspecified atom stereocenters. The Hall–Kier alpha value is -1.01. The van der Waals surface area contributed by atoms with E-state index in [1.807, 2.05) is 13.0 Å². The largest absolute Gasteiger partial charge is 0.353 e. The van der Waals surface area contributed by atoms with Crippen molar-refractivity contribution in [1.82, 2.24) is 9.97 Å². The fourth-order valence-corrected chi connectivity index (χ4v) is 2.67. The van der Waals surface area contributed by atoms with Gasteiger partial charge in [0, 0.05) is 11.9 Å². The van der Waals surface area contributed by atoms with Gasteiger partial charge in [-0.2, -0.15) is 4.98 Å². The van der Waals surface area contributed by atoms with E-state index in [2.05, 4.69) is 9.97 Å². The Morgan fingerprint density at radius 1 is 1.47 bits per heavy atom. The number of rotatable bonds is 3. The molecule has 0 fully saturated rings. The predicted molar refractivity (Wildman–Crippen MR) is 66.4 cm³/mol. The van der Waals surface area contributed by atoms with Crippen LogP contribution in [0.1, 0.15) is 4.88 Å². The van der Waals surface area contributed by atoms with Gasteiger partial charge in [0.25, 0.3) is 6.43 Å². The molecule has 7 heteroatoms. The number of anilines is 1. The topological polar surface area (TPSA) is 29.0 Å². The second kappa shape index (κ2) is 4.70. The highest BCUT2D eigenvalue weighted by Crippen LogP contribution is 2.31. The van der Waals surface area contributed by atoms with Crippen molar-refractivity contribution in [2.75, 3.05) is 18.5 Å². The van der Waals surface area contributed by atoms with Crippen LogP contribution >= 0.6 is 22.9 Å². The summed E-state index contributed by atoms with van der Waals surface area (Å²) >= 11 is 7.25. The second-order valence-electron chi connectivity index (χ2n) is 3.66. The first-order chi connectivity index (χ1) is 7.97. The Bertz CT molecular complexity index is 544. The molecule has 2 heterocycles. The zero-order valence-electron chi connectivity index (χ0n) is 9.25. The number of alkyl halides is 2. The number of aryl methyl sites for hydroxylation is 1. The first-order valence-corrected chi connectivity index (χ1v) is 6.10. The molecule has 2 aromatic heterocycles. The third-order valence-corrected chi connectivity index (χ3v) is 3.36. The van der Waals surface area contributed by atoms with Gasteiger partial charge in [0.1, 0.15) is 10.6 Å². The lowest BCUT2D eigenvalue weighted by Gasteiger charge is -2.18. The van der Waals surface area contributed by atoms with Crippen LogP contribution < -0.4 is 4.90 Å². The summed E-state index contributed by atoms with van der Waals surface area (Å²) in [4.78, 5) is 11.3. The second-order valence-corrected chi connectivity index (χ2v) is 5.24. The van der Waals surface area contributed by atoms with Crippen molar-refractivity contribution in [1.29, 1.82) is 0 Å². The van der Waals surface area contributed by atoms with E-state index in [-0.39, 0.29) is 11.8 Å². The molecule has 0 amide bonds. The summed E-state index contributed by atoms with van der Waals surface area (Å²) in [6.45, 7) is 1.55. The van der Waals surface area contributed by atoms with Gasteiger partial charge in [0.05, 0.1) is 11.9 Å². The lowest BCUT2D eigenvalue weighted by atomic mass is 10.3. The lowest BCUT2D eigenvalue weighted by molar-refractivity contribution is 0.156. The molecule has 0 aliphatic heterocycles. The summed E-state index contributed by atoms with van der Waals surface area (Å²) in [6, 6.07) is 1.88. The van der Waals surface area contributed by atoms with E-state index in [0.717, 1.165) is 15.1 Å². The van der Waals surface area contributed by atoms with Gasteiger partial charge >= 0.3 is 0 Å². The van der Waals surface area contributed by atoms with Crippen LogP contribution in [0.5, 0.6) is 0 Å². The molecular formula is C10H10ClF2N3S. The summed E-state index contributed by atoms with van der Waals surface area (Å²) in [6.07, 6.45) is -2.41. The monoisotopic (exact) mass is 277 g/mol. The number of fused-ring (bicyclic) bond motifs is 1. The van der Waals surface area contributed by atoms with Gasteiger partial charge in [0.15, 0.2) is 0 Å². The van der Waals surface area contributed by atoms with Crippen LogP contribution in [0.15, 0.2) is 6.07 Å². The Kier molecular flexibility index (Phi) is 3.44. The fourth-order valence-electron chi connectivity index (χ4n) is 1.59. The highest BCUT2D eigenvalue weighted by Gasteiger charge is 2.16. The number of hydrogen-bond acceptors (Lipinski definition) is 4. The third-order valence-electron chi connectivity index (χ3n) is 2.24. The Balaban J connectivity index is 2.51. The molecule has 0 aromatic carbocycles. The highest BCUT2D eigenvalue weighted by molar-refractivity contribution is 7.18. The van der Waals surface area contributed by atoms with E-state index < -0.39 is 6.43 Å². The Morgan fingerprint density at radius 2 is 2.18 bits per heavy atom. The third kappa shape index (κ3) is 2.63. The van der Waals surface area contributed by atoms with Crippen LogP contribution in [0.2, 0.25) is 5.28 Å². The van der Waals surface area contributed by atoms with E-state index in [4.69, 9.17) is 11.6 Å². The first kappa shape index (κ1) is 12.4. The molecule has 0 atom stereocenters. The molecular weight excluding hydrogens is 268 g/mol. The zero-order valence-corrected chi connectivity index (χ0v) is 10.8. The quantitative estimate of drug-likeness (QED) is 0.806. The molecule has 0 spiro atoms. The average molecular weight is 278 g/mol. The van der Waals surface area contributed by atoms with Gasteiger partial charge in [-0.15, -0.1) is 11.3 Å². The van der Waals surface area contributed by atoms with E-state index >= 15 is 0 Å². The van der Waals surface area contributed by atoms with Gasteiger partial charge in [-0.3, -0.25) is 0 Å². The number of nitrogens with zero attached hydrogens (tertiary/aromatic N) is 3. The molecule has 0 bridgehead atoms. The number of thiophene rings is 1. The maximum absolute atomic E-state index is 12.4. The summed E-state index contributed by atoms with van der Waals surface area (Å²) < 4.78 is 24.7. The molecule has 92 valence electrons. The Morgan fingerprint density at radius 3 is 2.82 bits per heavy atom. The summed E-state index contributed by atoms with van der Waals surface area (Å²) in [5.74, 6) is 0.449. The average Bonchev–Trinajstić information content (AvgIpc) is 2.55. The minimum Gasteiger partial charge on any atom is -0.353 e. The van der Waals surface area contributed by atoms with Gasteiger partial charge < -0.3 is 4.90 Å². The van der Waals surface area contributed by atoms with Crippen molar-refractivity contribution in [3.8, 4) is 0 Å². The van der Waals surface area contributed by atoms with Crippen LogP contribution in [0.3, 0.4) is 0 Å². The number of aromatic nitrogens is 2. The SMILES string of the molecule is Cc1cc2c(N(C)CC(F)F)nc(Cl)nc2s1. The van der Waals surface area contributed by atoms with E-state index in [9.17, 15) is 8.78 Å². The Labute approximate surface area is 106 Å². The molecule has 0 aliphatic rings. The van der Waals surface area contributed by atoms with Gasteiger partial charge in [-0.1, -0.05) is 0 Å². The van der Waals surface area contributed by atoms with E-state index in [1.54, 1.807) is 7.05 Å². The van der Waals surface area contributed by atoms with Gasteiger partial charge in [-0.25, -0.2) is 13.8 Å². The smallest absolute Gasteiger partial charge is 0.255 e. The number of halogens is 3. The molecule has 2 aromatic rings. The number of hydrogen-bond donors (Lipinski definition) is 0. The van der Waals surface area contributed by atoms with Crippen LogP contribution in [-0.4, -0.2) is 30.0 Å². The van der Waals surface area contributed by atoms with E-state index in [1.165, 1.54) is 16.2 Å². The molecule has 0 N–H and O–H groups in total. The molecule has 0 radical (unpaired) electrons. The summed E-state index contributed by atoms with van der Waals surface area (Å²) in [5.41, 5.74) is 0. The van der Waals surface area contributed by atoms with Crippen molar-refractivity contribution in [3.63, 3.8) is 0 Å². The predicted octanol–water partition coefficient (Wildman–Crippen LogP) is 3.35. The van der Waals surface area contributed by atoms with Crippen LogP contribution in [-0.2, 0) is 0 Å². The normalized spacial score (nSPS) is 11.4. The van der Waals surface area contributed by atoms with Crippen molar-refractivity contribution < 1.29 is 8.78 Å². The zero-order chi connectivity index (χ0) is 12.6. The minimum atomic E-state index is -2.41. The van der Waals surface area contributed by atoms with Crippen LogP contribution in [0, 0.1) is 6.92 Å². The molecule has 3 nitrogen and oxygen atoms in total.